The molecule has 2 aliphatic rings. The van der Waals surface area contributed by atoms with Crippen molar-refractivity contribution in [2.24, 2.45) is 0 Å². The van der Waals surface area contributed by atoms with Crippen LogP contribution in [-0.2, 0) is 0 Å². The fourth-order valence-corrected chi connectivity index (χ4v) is 3.97. The summed E-state index contributed by atoms with van der Waals surface area (Å²) < 4.78 is 0. The van der Waals surface area contributed by atoms with Crippen molar-refractivity contribution in [3.8, 4) is 0 Å². The highest BCUT2D eigenvalue weighted by molar-refractivity contribution is 7.09. The summed E-state index contributed by atoms with van der Waals surface area (Å²) in [6.45, 7) is 9.41. The SMILES string of the molecule is Cc1csc(C(C)N2CCN3CCCC3C2)n1. The van der Waals surface area contributed by atoms with E-state index in [1.165, 1.54) is 44.0 Å². The van der Waals surface area contributed by atoms with Crippen LogP contribution in [0.1, 0.15) is 36.5 Å². The first-order chi connectivity index (χ1) is 8.24. The molecule has 0 aliphatic carbocycles. The smallest absolute Gasteiger partial charge is 0.110 e. The van der Waals surface area contributed by atoms with Crippen molar-refractivity contribution in [2.45, 2.75) is 38.8 Å². The van der Waals surface area contributed by atoms with Crippen LogP contribution in [0.4, 0.5) is 0 Å². The van der Waals surface area contributed by atoms with Crippen molar-refractivity contribution in [3.05, 3.63) is 16.1 Å². The third-order valence-electron chi connectivity index (χ3n) is 4.16. The zero-order valence-corrected chi connectivity index (χ0v) is 11.5. The summed E-state index contributed by atoms with van der Waals surface area (Å²) in [5, 5.41) is 3.45. The highest BCUT2D eigenvalue weighted by Crippen LogP contribution is 2.29. The zero-order valence-electron chi connectivity index (χ0n) is 10.7. The van der Waals surface area contributed by atoms with Crippen LogP contribution in [0, 0.1) is 6.92 Å². The van der Waals surface area contributed by atoms with Crippen molar-refractivity contribution in [1.29, 1.82) is 0 Å². The fourth-order valence-electron chi connectivity index (χ4n) is 3.09. The van der Waals surface area contributed by atoms with E-state index in [1.54, 1.807) is 0 Å². The molecule has 1 aromatic rings. The average Bonchev–Trinajstić information content (AvgIpc) is 2.95. The number of aryl methyl sites for hydroxylation is 1. The van der Waals surface area contributed by atoms with Crippen LogP contribution in [0.5, 0.6) is 0 Å². The Morgan fingerprint density at radius 3 is 3.06 bits per heavy atom. The number of rotatable bonds is 2. The van der Waals surface area contributed by atoms with Crippen molar-refractivity contribution < 1.29 is 0 Å². The number of thiazole rings is 1. The van der Waals surface area contributed by atoms with Crippen molar-refractivity contribution in [1.82, 2.24) is 14.8 Å². The van der Waals surface area contributed by atoms with Crippen molar-refractivity contribution >= 4 is 11.3 Å². The van der Waals surface area contributed by atoms with Gasteiger partial charge in [-0.1, -0.05) is 0 Å². The average molecular weight is 251 g/mol. The molecule has 2 saturated heterocycles. The monoisotopic (exact) mass is 251 g/mol. The van der Waals surface area contributed by atoms with E-state index in [9.17, 15) is 0 Å². The lowest BCUT2D eigenvalue weighted by Gasteiger charge is -2.40. The molecule has 1 aromatic heterocycles. The Bertz CT molecular complexity index is 390. The minimum absolute atomic E-state index is 0.497. The minimum Gasteiger partial charge on any atom is -0.298 e. The Hall–Kier alpha value is -0.450. The Balaban J connectivity index is 1.68. The topological polar surface area (TPSA) is 19.4 Å². The second kappa shape index (κ2) is 4.67. The molecule has 0 bridgehead atoms. The van der Waals surface area contributed by atoms with Gasteiger partial charge in [-0.05, 0) is 33.2 Å². The maximum Gasteiger partial charge on any atom is 0.110 e. The lowest BCUT2D eigenvalue weighted by molar-refractivity contribution is 0.0769. The first-order valence-electron chi connectivity index (χ1n) is 6.64. The van der Waals surface area contributed by atoms with Crippen LogP contribution in [0.15, 0.2) is 5.38 Å². The molecule has 0 spiro atoms. The molecule has 0 radical (unpaired) electrons. The van der Waals surface area contributed by atoms with Gasteiger partial charge in [0.25, 0.3) is 0 Å². The first kappa shape index (κ1) is 11.6. The maximum absolute atomic E-state index is 4.63. The van der Waals surface area contributed by atoms with Gasteiger partial charge in [-0.2, -0.15) is 0 Å². The van der Waals surface area contributed by atoms with E-state index in [-0.39, 0.29) is 0 Å². The summed E-state index contributed by atoms with van der Waals surface area (Å²) in [6, 6.07) is 1.31. The van der Waals surface area contributed by atoms with E-state index < -0.39 is 0 Å². The van der Waals surface area contributed by atoms with Gasteiger partial charge < -0.3 is 0 Å². The Labute approximate surface area is 107 Å². The summed E-state index contributed by atoms with van der Waals surface area (Å²) in [6.07, 6.45) is 2.78. The van der Waals surface area contributed by atoms with Gasteiger partial charge in [-0.3, -0.25) is 9.80 Å². The van der Waals surface area contributed by atoms with Crippen molar-refractivity contribution in [2.75, 3.05) is 26.2 Å². The second-order valence-electron chi connectivity index (χ2n) is 5.33. The Morgan fingerprint density at radius 2 is 2.29 bits per heavy atom. The van der Waals surface area contributed by atoms with E-state index in [1.807, 2.05) is 11.3 Å². The Kier molecular flexibility index (Phi) is 3.19. The molecule has 0 amide bonds. The lowest BCUT2D eigenvalue weighted by atomic mass is 10.1. The number of hydrogen-bond acceptors (Lipinski definition) is 4. The van der Waals surface area contributed by atoms with Gasteiger partial charge in [0.05, 0.1) is 6.04 Å². The van der Waals surface area contributed by atoms with Gasteiger partial charge in [0, 0.05) is 36.8 Å². The molecule has 3 nitrogen and oxygen atoms in total. The quantitative estimate of drug-likeness (QED) is 0.804. The summed E-state index contributed by atoms with van der Waals surface area (Å²) in [5.41, 5.74) is 1.16. The number of fused-ring (bicyclic) bond motifs is 1. The maximum atomic E-state index is 4.63. The van der Waals surface area contributed by atoms with Crippen molar-refractivity contribution in [3.63, 3.8) is 0 Å². The van der Waals surface area contributed by atoms with Gasteiger partial charge in [-0.25, -0.2) is 4.98 Å². The molecule has 0 saturated carbocycles. The summed E-state index contributed by atoms with van der Waals surface area (Å²) in [7, 11) is 0. The molecular weight excluding hydrogens is 230 g/mol. The standard InChI is InChI=1S/C13H21N3S/c1-10-9-17-13(14-10)11(2)16-7-6-15-5-3-4-12(15)8-16/h9,11-12H,3-8H2,1-2H3. The molecule has 2 fully saturated rings. The molecule has 0 N–H and O–H groups in total. The lowest BCUT2D eigenvalue weighted by Crippen LogP contribution is -2.50. The molecule has 4 heteroatoms. The Morgan fingerprint density at radius 1 is 1.41 bits per heavy atom. The van der Waals surface area contributed by atoms with E-state index >= 15 is 0 Å². The minimum atomic E-state index is 0.497. The van der Waals surface area contributed by atoms with Gasteiger partial charge in [0.2, 0.25) is 0 Å². The van der Waals surface area contributed by atoms with Crippen LogP contribution >= 0.6 is 11.3 Å². The highest BCUT2D eigenvalue weighted by atomic mass is 32.1. The summed E-state index contributed by atoms with van der Waals surface area (Å²) in [4.78, 5) is 9.91. The summed E-state index contributed by atoms with van der Waals surface area (Å²) >= 11 is 1.81. The molecule has 94 valence electrons. The second-order valence-corrected chi connectivity index (χ2v) is 6.22. The van der Waals surface area contributed by atoms with Crippen LogP contribution in [0.2, 0.25) is 0 Å². The first-order valence-corrected chi connectivity index (χ1v) is 7.52. The van der Waals surface area contributed by atoms with Gasteiger partial charge in [0.1, 0.15) is 5.01 Å². The van der Waals surface area contributed by atoms with E-state index in [0.717, 1.165) is 11.7 Å². The zero-order chi connectivity index (χ0) is 11.8. The highest BCUT2D eigenvalue weighted by Gasteiger charge is 2.33. The number of nitrogens with zero attached hydrogens (tertiary/aromatic N) is 3. The van der Waals surface area contributed by atoms with Crippen LogP contribution in [0.3, 0.4) is 0 Å². The normalized spacial score (nSPS) is 28.2. The molecule has 2 atom stereocenters. The van der Waals surface area contributed by atoms with Crippen LogP contribution in [-0.4, -0.2) is 47.0 Å². The van der Waals surface area contributed by atoms with E-state index in [4.69, 9.17) is 0 Å². The van der Waals surface area contributed by atoms with Gasteiger partial charge in [-0.15, -0.1) is 11.3 Å². The molecule has 17 heavy (non-hydrogen) atoms. The van der Waals surface area contributed by atoms with Crippen LogP contribution in [0.25, 0.3) is 0 Å². The largest absolute Gasteiger partial charge is 0.298 e. The van der Waals surface area contributed by atoms with E-state index in [0.29, 0.717) is 6.04 Å². The molecule has 0 aromatic carbocycles. The van der Waals surface area contributed by atoms with E-state index in [2.05, 4.69) is 34.0 Å². The fraction of sp³-hybridized carbons (Fsp3) is 0.769. The van der Waals surface area contributed by atoms with Crippen LogP contribution < -0.4 is 0 Å². The molecule has 2 aliphatic heterocycles. The molecule has 3 heterocycles. The number of piperazine rings is 1. The van der Waals surface area contributed by atoms with Gasteiger partial charge >= 0.3 is 0 Å². The third-order valence-corrected chi connectivity index (χ3v) is 5.29. The predicted molar refractivity (Wildman–Crippen MR) is 71.4 cm³/mol. The van der Waals surface area contributed by atoms with Gasteiger partial charge in [0.15, 0.2) is 0 Å². The number of hydrogen-bond donors (Lipinski definition) is 0. The molecule has 3 rings (SSSR count). The molecule has 2 unspecified atom stereocenters. The molecular formula is C13H21N3S. The summed E-state index contributed by atoms with van der Waals surface area (Å²) in [5.74, 6) is 0. The predicted octanol–water partition coefficient (Wildman–Crippen LogP) is 2.29. The number of aromatic nitrogens is 1. The third kappa shape index (κ3) is 2.26.